The Bertz CT molecular complexity index is 791. The van der Waals surface area contributed by atoms with E-state index in [9.17, 15) is 5.26 Å². The van der Waals surface area contributed by atoms with E-state index in [0.717, 1.165) is 47.9 Å². The molecule has 0 amide bonds. The average molecular weight is 407 g/mol. The number of fused-ring (bicyclic) bond motifs is 1. The van der Waals surface area contributed by atoms with Crippen molar-refractivity contribution in [1.29, 1.82) is 5.26 Å². The Labute approximate surface area is 181 Å². The SMILES string of the molecule is Cl.N#CC(CCN1CC2CC3CC(C2)CC1C3)(c1ccccc1)c1ccccc1. The van der Waals surface area contributed by atoms with Gasteiger partial charge >= 0.3 is 0 Å². The minimum atomic E-state index is -0.564. The highest BCUT2D eigenvalue weighted by Gasteiger charge is 2.43. The van der Waals surface area contributed by atoms with Gasteiger partial charge < -0.3 is 4.90 Å². The highest BCUT2D eigenvalue weighted by Crippen LogP contribution is 2.48. The molecule has 2 aromatic rings. The van der Waals surface area contributed by atoms with Crippen LogP contribution in [-0.4, -0.2) is 24.0 Å². The van der Waals surface area contributed by atoms with E-state index < -0.39 is 5.41 Å². The Morgan fingerprint density at radius 2 is 1.31 bits per heavy atom. The third-order valence-corrected chi connectivity index (χ3v) is 7.72. The van der Waals surface area contributed by atoms with Gasteiger partial charge in [-0.05, 0) is 67.4 Å². The summed E-state index contributed by atoms with van der Waals surface area (Å²) >= 11 is 0. The van der Waals surface area contributed by atoms with Gasteiger partial charge in [-0.2, -0.15) is 5.26 Å². The standard InChI is InChI=1S/C26H30N2.ClH/c27-19-26(23-7-3-1-4-8-23,24-9-5-2-6-10-24)11-12-28-18-22-14-20-13-21(15-22)17-25(28)16-20;/h1-10,20-22,25H,11-18H2;1H. The minimum absolute atomic E-state index is 0. The Morgan fingerprint density at radius 1 is 0.793 bits per heavy atom. The second-order valence-electron chi connectivity index (χ2n) is 9.42. The lowest BCUT2D eigenvalue weighted by atomic mass is 9.68. The molecular weight excluding hydrogens is 376 g/mol. The third kappa shape index (κ3) is 3.83. The summed E-state index contributed by atoms with van der Waals surface area (Å²) in [7, 11) is 0. The molecule has 2 aliphatic carbocycles. The van der Waals surface area contributed by atoms with Crippen LogP contribution in [0.15, 0.2) is 60.7 Å². The van der Waals surface area contributed by atoms with Gasteiger partial charge in [0.1, 0.15) is 5.41 Å². The largest absolute Gasteiger partial charge is 0.300 e. The summed E-state index contributed by atoms with van der Waals surface area (Å²) in [4.78, 5) is 2.77. The van der Waals surface area contributed by atoms with Gasteiger partial charge in [0.15, 0.2) is 0 Å². The molecule has 0 spiro atoms. The van der Waals surface area contributed by atoms with Crippen LogP contribution in [-0.2, 0) is 5.41 Å². The van der Waals surface area contributed by atoms with Crippen LogP contribution in [0.5, 0.6) is 0 Å². The number of hydrogen-bond acceptors (Lipinski definition) is 2. The van der Waals surface area contributed by atoms with Gasteiger partial charge in [0.05, 0.1) is 6.07 Å². The van der Waals surface area contributed by atoms with Gasteiger partial charge in [-0.15, -0.1) is 12.4 Å². The maximum Gasteiger partial charge on any atom is 0.108 e. The fourth-order valence-corrected chi connectivity index (χ4v) is 6.55. The minimum Gasteiger partial charge on any atom is -0.300 e. The molecule has 0 aromatic heterocycles. The molecule has 3 heteroatoms. The highest BCUT2D eigenvalue weighted by atomic mass is 35.5. The predicted octanol–water partition coefficient (Wildman–Crippen LogP) is 5.82. The molecule has 152 valence electrons. The summed E-state index contributed by atoms with van der Waals surface area (Å²) in [5.74, 6) is 2.83. The molecule has 0 N–H and O–H groups in total. The van der Waals surface area contributed by atoms with E-state index in [0.29, 0.717) is 0 Å². The predicted molar refractivity (Wildman–Crippen MR) is 120 cm³/mol. The fraction of sp³-hybridized carbons (Fsp3) is 0.500. The van der Waals surface area contributed by atoms with Crippen LogP contribution in [0.3, 0.4) is 0 Å². The lowest BCUT2D eigenvalue weighted by Crippen LogP contribution is -2.41. The van der Waals surface area contributed by atoms with Gasteiger partial charge in [0, 0.05) is 19.1 Å². The molecule has 2 saturated carbocycles. The van der Waals surface area contributed by atoms with Gasteiger partial charge in [0.25, 0.3) is 0 Å². The molecule has 6 rings (SSSR count). The average Bonchev–Trinajstić information content (AvgIpc) is 2.93. The number of nitriles is 1. The van der Waals surface area contributed by atoms with E-state index in [-0.39, 0.29) is 12.4 Å². The van der Waals surface area contributed by atoms with Crippen molar-refractivity contribution >= 4 is 12.4 Å². The van der Waals surface area contributed by atoms with Crippen LogP contribution in [0.4, 0.5) is 0 Å². The van der Waals surface area contributed by atoms with Gasteiger partial charge in [-0.1, -0.05) is 60.7 Å². The summed E-state index contributed by atoms with van der Waals surface area (Å²) < 4.78 is 0. The van der Waals surface area contributed by atoms with E-state index in [2.05, 4.69) is 59.5 Å². The maximum atomic E-state index is 10.4. The topological polar surface area (TPSA) is 27.0 Å². The van der Waals surface area contributed by atoms with Crippen molar-refractivity contribution in [2.24, 2.45) is 17.8 Å². The molecule has 2 aliphatic heterocycles. The van der Waals surface area contributed by atoms with Gasteiger partial charge in [-0.3, -0.25) is 0 Å². The van der Waals surface area contributed by atoms with Crippen molar-refractivity contribution in [1.82, 2.24) is 4.90 Å². The summed E-state index contributed by atoms with van der Waals surface area (Å²) in [6, 6.07) is 24.4. The van der Waals surface area contributed by atoms with E-state index >= 15 is 0 Å². The lowest BCUT2D eigenvalue weighted by molar-refractivity contribution is 0.123. The molecule has 2 nitrogen and oxygen atoms in total. The highest BCUT2D eigenvalue weighted by molar-refractivity contribution is 5.85. The van der Waals surface area contributed by atoms with Crippen molar-refractivity contribution in [3.8, 4) is 6.07 Å². The second-order valence-corrected chi connectivity index (χ2v) is 9.42. The molecule has 4 fully saturated rings. The Hall–Kier alpha value is -1.82. The van der Waals surface area contributed by atoms with Crippen molar-refractivity contribution in [2.75, 3.05) is 13.1 Å². The molecule has 29 heavy (non-hydrogen) atoms. The summed E-state index contributed by atoms with van der Waals surface area (Å²) in [6.07, 6.45) is 8.04. The molecule has 2 saturated heterocycles. The first-order chi connectivity index (χ1) is 13.8. The lowest BCUT2D eigenvalue weighted by Gasteiger charge is -2.39. The molecule has 0 radical (unpaired) electrons. The Kier molecular flexibility index (Phi) is 6.00. The third-order valence-electron chi connectivity index (χ3n) is 7.72. The summed E-state index contributed by atoms with van der Waals surface area (Å²) in [5, 5.41) is 10.4. The second kappa shape index (κ2) is 8.50. The molecular formula is C26H31ClN2. The zero-order valence-corrected chi connectivity index (χ0v) is 17.9. The van der Waals surface area contributed by atoms with Crippen LogP contribution in [0.1, 0.15) is 49.7 Å². The zero-order valence-electron chi connectivity index (χ0n) is 17.0. The van der Waals surface area contributed by atoms with Crippen LogP contribution >= 0.6 is 12.4 Å². The molecule has 4 bridgehead atoms. The normalized spacial score (nSPS) is 28.4. The smallest absolute Gasteiger partial charge is 0.108 e. The summed E-state index contributed by atoms with van der Waals surface area (Å²) in [5.41, 5.74) is 1.69. The van der Waals surface area contributed by atoms with Crippen molar-refractivity contribution in [3.05, 3.63) is 71.8 Å². The molecule has 2 heterocycles. The first-order valence-electron chi connectivity index (χ1n) is 11.0. The van der Waals surface area contributed by atoms with E-state index in [1.165, 1.54) is 38.6 Å². The molecule has 2 atom stereocenters. The number of rotatable bonds is 5. The van der Waals surface area contributed by atoms with Crippen molar-refractivity contribution in [2.45, 2.75) is 50.0 Å². The van der Waals surface area contributed by atoms with Crippen LogP contribution in [0.25, 0.3) is 0 Å². The van der Waals surface area contributed by atoms with Gasteiger partial charge in [-0.25, -0.2) is 0 Å². The number of nitrogens with zero attached hydrogens (tertiary/aromatic N) is 2. The van der Waals surface area contributed by atoms with Gasteiger partial charge in [0.2, 0.25) is 0 Å². The first-order valence-corrected chi connectivity index (χ1v) is 11.0. The quantitative estimate of drug-likeness (QED) is 0.625. The first kappa shape index (κ1) is 20.5. The van der Waals surface area contributed by atoms with Crippen LogP contribution < -0.4 is 0 Å². The maximum absolute atomic E-state index is 10.4. The molecule has 4 aliphatic rings. The number of benzene rings is 2. The Balaban J connectivity index is 0.00000205. The summed E-state index contributed by atoms with van der Waals surface area (Å²) in [6.45, 7) is 2.28. The van der Waals surface area contributed by atoms with Crippen molar-refractivity contribution in [3.63, 3.8) is 0 Å². The molecule has 2 unspecified atom stereocenters. The number of halogens is 1. The van der Waals surface area contributed by atoms with E-state index in [1.807, 2.05) is 12.1 Å². The van der Waals surface area contributed by atoms with E-state index in [4.69, 9.17) is 0 Å². The molecule has 2 aromatic carbocycles. The monoisotopic (exact) mass is 406 g/mol. The number of hydrogen-bond donors (Lipinski definition) is 0. The van der Waals surface area contributed by atoms with Crippen molar-refractivity contribution < 1.29 is 0 Å². The Morgan fingerprint density at radius 3 is 1.83 bits per heavy atom. The van der Waals surface area contributed by atoms with E-state index in [1.54, 1.807) is 0 Å². The zero-order chi connectivity index (χ0) is 19.0. The fourth-order valence-electron chi connectivity index (χ4n) is 6.55. The van der Waals surface area contributed by atoms with Crippen LogP contribution in [0, 0.1) is 29.1 Å². The van der Waals surface area contributed by atoms with Crippen LogP contribution in [0.2, 0.25) is 0 Å².